The molecule has 1 unspecified atom stereocenters. The maximum atomic E-state index is 13.2. The first kappa shape index (κ1) is 18.7. The van der Waals surface area contributed by atoms with Crippen LogP contribution in [0.4, 0.5) is 11.5 Å². The average Bonchev–Trinajstić information content (AvgIpc) is 2.84. The quantitative estimate of drug-likeness (QED) is 0.697. The number of nitrogen functional groups attached to an aromatic ring is 1. The fraction of sp³-hybridized carbons (Fsp3) is 0.143. The standard InChI is InChI=1S/C21H16ClN5O2/c1-12-10-27(21(28)18-19(24)25-11-26-20(18)29-12)14-6-7-15(13(8-14)9-23)16-4-2-3-5-17(16)22/h2-8,11-12H,10H2,1H3,(H2,24,25,26). The Morgan fingerprint density at radius 2 is 2.03 bits per heavy atom. The molecule has 1 atom stereocenters. The van der Waals surface area contributed by atoms with E-state index in [2.05, 4.69) is 16.0 Å². The number of nitrogens with zero attached hydrogens (tertiary/aromatic N) is 4. The molecule has 2 aromatic carbocycles. The van der Waals surface area contributed by atoms with Crippen molar-refractivity contribution in [2.75, 3.05) is 17.2 Å². The zero-order valence-electron chi connectivity index (χ0n) is 15.5. The minimum absolute atomic E-state index is 0.0484. The number of aromatic nitrogens is 2. The number of fused-ring (bicyclic) bond motifs is 1. The molecule has 0 fully saturated rings. The summed E-state index contributed by atoms with van der Waals surface area (Å²) in [5.74, 6) is -0.171. The monoisotopic (exact) mass is 405 g/mol. The summed E-state index contributed by atoms with van der Waals surface area (Å²) >= 11 is 6.30. The molecule has 1 aliphatic rings. The van der Waals surface area contributed by atoms with Crippen molar-refractivity contribution in [2.24, 2.45) is 0 Å². The molecule has 0 radical (unpaired) electrons. The molecule has 1 aromatic heterocycles. The molecule has 0 bridgehead atoms. The van der Waals surface area contributed by atoms with Crippen LogP contribution in [0.3, 0.4) is 0 Å². The number of nitrogens with two attached hydrogens (primary N) is 1. The number of amides is 1. The fourth-order valence-corrected chi connectivity index (χ4v) is 3.54. The van der Waals surface area contributed by atoms with Crippen molar-refractivity contribution < 1.29 is 9.53 Å². The van der Waals surface area contributed by atoms with Crippen LogP contribution in [0.2, 0.25) is 5.02 Å². The minimum atomic E-state index is -0.378. The Morgan fingerprint density at radius 1 is 1.24 bits per heavy atom. The Balaban J connectivity index is 1.81. The van der Waals surface area contributed by atoms with Crippen LogP contribution in [0.1, 0.15) is 22.8 Å². The second-order valence-corrected chi connectivity index (χ2v) is 7.01. The lowest BCUT2D eigenvalue weighted by Crippen LogP contribution is -2.36. The van der Waals surface area contributed by atoms with Gasteiger partial charge >= 0.3 is 0 Å². The van der Waals surface area contributed by atoms with E-state index in [0.717, 1.165) is 5.56 Å². The maximum Gasteiger partial charge on any atom is 0.267 e. The Hall–Kier alpha value is -3.63. The molecule has 0 spiro atoms. The number of carbonyl (C=O) groups excluding carboxylic acids is 1. The normalized spacial score (nSPS) is 15.8. The van der Waals surface area contributed by atoms with Crippen molar-refractivity contribution in [1.29, 1.82) is 5.26 Å². The van der Waals surface area contributed by atoms with Gasteiger partial charge in [-0.15, -0.1) is 0 Å². The molecule has 2 N–H and O–H groups in total. The topological polar surface area (TPSA) is 105 Å². The number of ether oxygens (including phenoxy) is 1. The third-order valence-corrected chi connectivity index (χ3v) is 4.98. The number of hydrogen-bond donors (Lipinski definition) is 1. The first-order chi connectivity index (χ1) is 14.0. The van der Waals surface area contributed by atoms with Crippen molar-refractivity contribution in [3.8, 4) is 23.1 Å². The predicted molar refractivity (Wildman–Crippen MR) is 110 cm³/mol. The molecular formula is C21H16ClN5O2. The van der Waals surface area contributed by atoms with Gasteiger partial charge in [0.25, 0.3) is 5.91 Å². The van der Waals surface area contributed by atoms with Crippen molar-refractivity contribution in [2.45, 2.75) is 13.0 Å². The summed E-state index contributed by atoms with van der Waals surface area (Å²) in [6.07, 6.45) is 0.930. The van der Waals surface area contributed by atoms with E-state index in [9.17, 15) is 10.1 Å². The molecule has 0 saturated heterocycles. The van der Waals surface area contributed by atoms with Crippen LogP contribution in [0.25, 0.3) is 11.1 Å². The zero-order chi connectivity index (χ0) is 20.5. The van der Waals surface area contributed by atoms with Crippen LogP contribution in [0, 0.1) is 11.3 Å². The van der Waals surface area contributed by atoms with E-state index in [0.29, 0.717) is 21.8 Å². The van der Waals surface area contributed by atoms with E-state index in [1.807, 2.05) is 25.1 Å². The molecule has 0 saturated carbocycles. The van der Waals surface area contributed by atoms with E-state index in [-0.39, 0.29) is 35.8 Å². The average molecular weight is 406 g/mol. The van der Waals surface area contributed by atoms with Crippen molar-refractivity contribution in [3.05, 3.63) is 64.9 Å². The van der Waals surface area contributed by atoms with Crippen LogP contribution in [0.15, 0.2) is 48.8 Å². The Kier molecular flexibility index (Phi) is 4.79. The highest BCUT2D eigenvalue weighted by atomic mass is 35.5. The molecule has 29 heavy (non-hydrogen) atoms. The second-order valence-electron chi connectivity index (χ2n) is 6.60. The molecule has 1 aliphatic heterocycles. The molecule has 8 heteroatoms. The maximum absolute atomic E-state index is 13.2. The highest BCUT2D eigenvalue weighted by Crippen LogP contribution is 2.34. The highest BCUT2D eigenvalue weighted by Gasteiger charge is 2.31. The number of halogens is 1. The Morgan fingerprint density at radius 3 is 2.79 bits per heavy atom. The van der Waals surface area contributed by atoms with Crippen LogP contribution < -0.4 is 15.4 Å². The zero-order valence-corrected chi connectivity index (χ0v) is 16.2. The summed E-state index contributed by atoms with van der Waals surface area (Å²) in [5, 5.41) is 10.3. The smallest absolute Gasteiger partial charge is 0.267 e. The number of carbonyl (C=O) groups is 1. The largest absolute Gasteiger partial charge is 0.472 e. The summed E-state index contributed by atoms with van der Waals surface area (Å²) in [7, 11) is 0. The van der Waals surface area contributed by atoms with Crippen molar-refractivity contribution >= 4 is 29.0 Å². The lowest BCUT2D eigenvalue weighted by atomic mass is 9.99. The van der Waals surface area contributed by atoms with Crippen molar-refractivity contribution in [1.82, 2.24) is 9.97 Å². The van der Waals surface area contributed by atoms with Gasteiger partial charge < -0.3 is 15.4 Å². The summed E-state index contributed by atoms with van der Waals surface area (Å²) < 4.78 is 5.75. The van der Waals surface area contributed by atoms with Gasteiger partial charge in [-0.05, 0) is 25.1 Å². The van der Waals surface area contributed by atoms with E-state index >= 15 is 0 Å². The number of hydrogen-bond acceptors (Lipinski definition) is 6. The van der Waals surface area contributed by atoms with Gasteiger partial charge in [0.05, 0.1) is 18.2 Å². The Bertz CT molecular complexity index is 1160. The SMILES string of the molecule is CC1CN(c2ccc(-c3ccccc3Cl)c(C#N)c2)C(=O)c2c(N)ncnc2O1. The molecule has 144 valence electrons. The van der Waals surface area contributed by atoms with Gasteiger partial charge in [-0.3, -0.25) is 4.79 Å². The molecule has 2 heterocycles. The lowest BCUT2D eigenvalue weighted by molar-refractivity contribution is 0.0988. The van der Waals surface area contributed by atoms with Gasteiger partial charge in [-0.2, -0.15) is 5.26 Å². The van der Waals surface area contributed by atoms with Gasteiger partial charge in [0, 0.05) is 21.8 Å². The van der Waals surface area contributed by atoms with Crippen LogP contribution >= 0.6 is 11.6 Å². The first-order valence-electron chi connectivity index (χ1n) is 8.87. The lowest BCUT2D eigenvalue weighted by Gasteiger charge is -2.23. The van der Waals surface area contributed by atoms with Crippen LogP contribution in [0.5, 0.6) is 5.88 Å². The van der Waals surface area contributed by atoms with Crippen molar-refractivity contribution in [3.63, 3.8) is 0 Å². The van der Waals surface area contributed by atoms with E-state index < -0.39 is 0 Å². The fourth-order valence-electron chi connectivity index (χ4n) is 3.31. The highest BCUT2D eigenvalue weighted by molar-refractivity contribution is 6.33. The summed E-state index contributed by atoms with van der Waals surface area (Å²) in [6.45, 7) is 2.10. The number of nitriles is 1. The summed E-state index contributed by atoms with van der Waals surface area (Å²) in [6, 6.07) is 14.7. The molecule has 1 amide bonds. The van der Waals surface area contributed by atoms with Crippen LogP contribution in [-0.2, 0) is 0 Å². The van der Waals surface area contributed by atoms with Gasteiger partial charge in [0.15, 0.2) is 0 Å². The summed E-state index contributed by atoms with van der Waals surface area (Å²) in [4.78, 5) is 22.7. The number of benzene rings is 2. The van der Waals surface area contributed by atoms with Gasteiger partial charge in [0.2, 0.25) is 5.88 Å². The molecule has 7 nitrogen and oxygen atoms in total. The molecule has 4 rings (SSSR count). The molecular weight excluding hydrogens is 390 g/mol. The van der Waals surface area contributed by atoms with E-state index in [1.54, 1.807) is 24.3 Å². The number of rotatable bonds is 2. The van der Waals surface area contributed by atoms with E-state index in [1.165, 1.54) is 11.2 Å². The number of anilines is 2. The van der Waals surface area contributed by atoms with Gasteiger partial charge in [-0.1, -0.05) is 35.9 Å². The van der Waals surface area contributed by atoms with E-state index in [4.69, 9.17) is 22.1 Å². The molecule has 3 aromatic rings. The van der Waals surface area contributed by atoms with Crippen LogP contribution in [-0.4, -0.2) is 28.5 Å². The molecule has 0 aliphatic carbocycles. The first-order valence-corrected chi connectivity index (χ1v) is 9.25. The van der Waals surface area contributed by atoms with Gasteiger partial charge in [-0.25, -0.2) is 9.97 Å². The minimum Gasteiger partial charge on any atom is -0.472 e. The van der Waals surface area contributed by atoms with Gasteiger partial charge in [0.1, 0.15) is 23.8 Å². The third kappa shape index (κ3) is 3.35. The third-order valence-electron chi connectivity index (χ3n) is 4.65. The Labute approximate surface area is 172 Å². The second kappa shape index (κ2) is 7.41. The predicted octanol–water partition coefficient (Wildman–Crippen LogP) is 3.68. The summed E-state index contributed by atoms with van der Waals surface area (Å²) in [5.41, 5.74) is 8.42.